The van der Waals surface area contributed by atoms with Crippen LogP contribution in [0.3, 0.4) is 0 Å². The topological polar surface area (TPSA) is 55.1 Å². The van der Waals surface area contributed by atoms with E-state index >= 15 is 0 Å². The molecule has 0 unspecified atom stereocenters. The lowest BCUT2D eigenvalue weighted by Crippen LogP contribution is -2.17. The lowest BCUT2D eigenvalue weighted by atomic mass is 9.93. The number of halogens is 4. The van der Waals surface area contributed by atoms with Crippen LogP contribution in [-0.4, -0.2) is 11.1 Å². The largest absolute Gasteiger partial charge is 0.356 e. The van der Waals surface area contributed by atoms with Gasteiger partial charge in [0.05, 0.1) is 11.3 Å². The molecule has 0 spiro atoms. The SMILES string of the molecule is Cc1ccc(-c2onc3c2CCCC3)cc1NC(=O)c1cc(F)c(F)c(F)c1F. The summed E-state index contributed by atoms with van der Waals surface area (Å²) < 4.78 is 59.4. The molecule has 1 aromatic heterocycles. The molecule has 1 aliphatic carbocycles. The van der Waals surface area contributed by atoms with E-state index < -0.39 is 34.7 Å². The van der Waals surface area contributed by atoms with Crippen LogP contribution in [0.5, 0.6) is 0 Å². The Morgan fingerprint density at radius 3 is 2.59 bits per heavy atom. The molecule has 4 rings (SSSR count). The van der Waals surface area contributed by atoms with E-state index in [0.717, 1.165) is 36.9 Å². The molecule has 1 aliphatic rings. The second-order valence-corrected chi connectivity index (χ2v) is 6.98. The van der Waals surface area contributed by atoms with Crippen molar-refractivity contribution in [2.75, 3.05) is 5.32 Å². The number of aromatic nitrogens is 1. The van der Waals surface area contributed by atoms with Gasteiger partial charge >= 0.3 is 0 Å². The molecule has 0 radical (unpaired) electrons. The fourth-order valence-electron chi connectivity index (χ4n) is 3.44. The van der Waals surface area contributed by atoms with Crippen molar-refractivity contribution >= 4 is 11.6 Å². The van der Waals surface area contributed by atoms with E-state index in [1.165, 1.54) is 0 Å². The van der Waals surface area contributed by atoms with Crippen molar-refractivity contribution in [3.63, 3.8) is 0 Å². The Labute approximate surface area is 163 Å². The standard InChI is InChI=1S/C21H16F4N2O2/c1-10-6-7-11(20-12-4-2-3-5-15(12)27-29-20)8-16(10)26-21(28)13-9-14(22)18(24)19(25)17(13)23/h6-9H,2-5H2,1H3,(H,26,28). The van der Waals surface area contributed by atoms with Gasteiger partial charge in [0, 0.05) is 16.8 Å². The van der Waals surface area contributed by atoms with E-state index in [2.05, 4.69) is 10.5 Å². The highest BCUT2D eigenvalue weighted by molar-refractivity contribution is 6.05. The number of amides is 1. The fraction of sp³-hybridized carbons (Fsp3) is 0.238. The molecule has 0 saturated carbocycles. The summed E-state index contributed by atoms with van der Waals surface area (Å²) in [6, 6.07) is 5.48. The third kappa shape index (κ3) is 3.39. The first kappa shape index (κ1) is 19.2. The van der Waals surface area contributed by atoms with Gasteiger partial charge in [-0.25, -0.2) is 17.6 Å². The molecule has 150 valence electrons. The van der Waals surface area contributed by atoms with Gasteiger partial charge in [-0.05, 0) is 50.3 Å². The Morgan fingerprint density at radius 1 is 1.03 bits per heavy atom. The van der Waals surface area contributed by atoms with Crippen LogP contribution in [0.4, 0.5) is 23.2 Å². The number of aryl methyl sites for hydroxylation is 2. The van der Waals surface area contributed by atoms with Crippen molar-refractivity contribution < 1.29 is 26.9 Å². The Morgan fingerprint density at radius 2 is 1.79 bits per heavy atom. The maximum absolute atomic E-state index is 13.9. The highest BCUT2D eigenvalue weighted by atomic mass is 19.2. The van der Waals surface area contributed by atoms with Gasteiger partial charge in [0.15, 0.2) is 29.0 Å². The Balaban J connectivity index is 1.68. The Hall–Kier alpha value is -3.16. The quantitative estimate of drug-likeness (QED) is 0.364. The van der Waals surface area contributed by atoms with E-state index in [0.29, 0.717) is 28.6 Å². The minimum atomic E-state index is -2.03. The van der Waals surface area contributed by atoms with Crippen LogP contribution in [0.15, 0.2) is 28.8 Å². The third-order valence-corrected chi connectivity index (χ3v) is 5.06. The van der Waals surface area contributed by atoms with E-state index in [-0.39, 0.29) is 0 Å². The van der Waals surface area contributed by atoms with Crippen LogP contribution >= 0.6 is 0 Å². The normalized spacial score (nSPS) is 13.3. The summed E-state index contributed by atoms with van der Waals surface area (Å²) >= 11 is 0. The first-order chi connectivity index (χ1) is 13.9. The molecule has 3 aromatic rings. The van der Waals surface area contributed by atoms with Crippen molar-refractivity contribution in [3.05, 3.63) is 69.9 Å². The highest BCUT2D eigenvalue weighted by Crippen LogP contribution is 2.33. The average molecular weight is 404 g/mol. The summed E-state index contributed by atoms with van der Waals surface area (Å²) in [4.78, 5) is 12.4. The third-order valence-electron chi connectivity index (χ3n) is 5.06. The van der Waals surface area contributed by atoms with Crippen molar-refractivity contribution in [3.8, 4) is 11.3 Å². The lowest BCUT2D eigenvalue weighted by Gasteiger charge is -2.12. The molecule has 4 nitrogen and oxygen atoms in total. The molecule has 8 heteroatoms. The molecule has 0 fully saturated rings. The number of hydrogen-bond acceptors (Lipinski definition) is 3. The zero-order chi connectivity index (χ0) is 20.7. The first-order valence-corrected chi connectivity index (χ1v) is 9.09. The van der Waals surface area contributed by atoms with Crippen LogP contribution in [0.1, 0.15) is 40.0 Å². The molecule has 29 heavy (non-hydrogen) atoms. The van der Waals surface area contributed by atoms with Gasteiger partial charge in [0.1, 0.15) is 0 Å². The summed E-state index contributed by atoms with van der Waals surface area (Å²) in [5, 5.41) is 6.53. The molecule has 0 saturated heterocycles. The van der Waals surface area contributed by atoms with E-state index in [1.807, 2.05) is 0 Å². The van der Waals surface area contributed by atoms with E-state index in [1.54, 1.807) is 25.1 Å². The van der Waals surface area contributed by atoms with Crippen LogP contribution < -0.4 is 5.32 Å². The Bertz CT molecular complexity index is 1120. The van der Waals surface area contributed by atoms with Crippen LogP contribution in [0.25, 0.3) is 11.3 Å². The predicted octanol–water partition coefficient (Wildman–Crippen LogP) is 5.34. The monoisotopic (exact) mass is 404 g/mol. The van der Waals surface area contributed by atoms with Gasteiger partial charge in [0.25, 0.3) is 5.91 Å². The summed E-state index contributed by atoms with van der Waals surface area (Å²) in [6.07, 6.45) is 3.75. The maximum atomic E-state index is 13.9. The second-order valence-electron chi connectivity index (χ2n) is 6.98. The van der Waals surface area contributed by atoms with Crippen molar-refractivity contribution in [2.24, 2.45) is 0 Å². The van der Waals surface area contributed by atoms with Gasteiger partial charge in [-0.15, -0.1) is 0 Å². The molecular weight excluding hydrogens is 388 g/mol. The van der Waals surface area contributed by atoms with Crippen molar-refractivity contribution in [1.82, 2.24) is 5.16 Å². The van der Waals surface area contributed by atoms with Crippen molar-refractivity contribution in [1.29, 1.82) is 0 Å². The van der Waals surface area contributed by atoms with Crippen molar-refractivity contribution in [2.45, 2.75) is 32.6 Å². The molecule has 0 atom stereocenters. The van der Waals surface area contributed by atoms with Gasteiger partial charge in [0.2, 0.25) is 0 Å². The number of benzene rings is 2. The number of hydrogen-bond donors (Lipinski definition) is 1. The summed E-state index contributed by atoms with van der Waals surface area (Å²) in [5.74, 6) is -7.89. The fourth-order valence-corrected chi connectivity index (χ4v) is 3.44. The smallest absolute Gasteiger partial charge is 0.258 e. The number of carbonyl (C=O) groups excluding carboxylic acids is 1. The van der Waals surface area contributed by atoms with Gasteiger partial charge < -0.3 is 9.84 Å². The van der Waals surface area contributed by atoms with Gasteiger partial charge in [-0.3, -0.25) is 4.79 Å². The van der Waals surface area contributed by atoms with Crippen LogP contribution in [0.2, 0.25) is 0 Å². The number of fused-ring (bicyclic) bond motifs is 1. The molecule has 0 bridgehead atoms. The number of anilines is 1. The summed E-state index contributed by atoms with van der Waals surface area (Å²) in [7, 11) is 0. The molecule has 2 aromatic carbocycles. The number of carbonyl (C=O) groups is 1. The van der Waals surface area contributed by atoms with E-state index in [9.17, 15) is 22.4 Å². The highest BCUT2D eigenvalue weighted by Gasteiger charge is 2.24. The van der Waals surface area contributed by atoms with E-state index in [4.69, 9.17) is 4.52 Å². The zero-order valence-electron chi connectivity index (χ0n) is 15.4. The molecule has 1 amide bonds. The molecule has 1 N–H and O–H groups in total. The minimum Gasteiger partial charge on any atom is -0.356 e. The second kappa shape index (κ2) is 7.35. The van der Waals surface area contributed by atoms with Crippen LogP contribution in [-0.2, 0) is 12.8 Å². The molecular formula is C21H16F4N2O2. The van der Waals surface area contributed by atoms with Gasteiger partial charge in [-0.1, -0.05) is 17.3 Å². The van der Waals surface area contributed by atoms with Gasteiger partial charge in [-0.2, -0.15) is 0 Å². The summed E-state index contributed by atoms with van der Waals surface area (Å²) in [6.45, 7) is 1.71. The number of rotatable bonds is 3. The van der Waals surface area contributed by atoms with Crippen LogP contribution in [0, 0.1) is 30.2 Å². The number of nitrogens with one attached hydrogen (secondary N) is 1. The summed E-state index contributed by atoms with van der Waals surface area (Å²) in [5.41, 5.74) is 2.61. The first-order valence-electron chi connectivity index (χ1n) is 9.09. The average Bonchev–Trinajstić information content (AvgIpc) is 3.15. The number of nitrogens with zero attached hydrogens (tertiary/aromatic N) is 1. The maximum Gasteiger partial charge on any atom is 0.258 e. The molecule has 0 aliphatic heterocycles. The lowest BCUT2D eigenvalue weighted by molar-refractivity contribution is 0.102. The molecule has 1 heterocycles. The predicted molar refractivity (Wildman–Crippen MR) is 97.5 cm³/mol. The Kier molecular flexibility index (Phi) is 4.86. The zero-order valence-corrected chi connectivity index (χ0v) is 15.4. The minimum absolute atomic E-state index is 0.304.